The molecule has 0 aliphatic heterocycles. The van der Waals surface area contributed by atoms with Crippen molar-refractivity contribution < 1.29 is 0 Å². The van der Waals surface area contributed by atoms with Crippen LogP contribution in [0.25, 0.3) is 0 Å². The molecule has 1 unspecified atom stereocenters. The maximum atomic E-state index is 2.57. The molecule has 1 atom stereocenters. The monoisotopic (exact) mass is 270 g/mol. The van der Waals surface area contributed by atoms with Crippen LogP contribution < -0.4 is 5.19 Å². The Balaban J connectivity index is 2.47. The van der Waals surface area contributed by atoms with Gasteiger partial charge in [0.05, 0.1) is 0 Å². The van der Waals surface area contributed by atoms with Crippen molar-refractivity contribution in [2.75, 3.05) is 0 Å². The molecule has 1 aromatic rings. The van der Waals surface area contributed by atoms with Gasteiger partial charge in [0.15, 0.2) is 0 Å². The van der Waals surface area contributed by atoms with Crippen LogP contribution in [0, 0.1) is 0 Å². The van der Waals surface area contributed by atoms with E-state index in [1.165, 1.54) is 25.3 Å². The van der Waals surface area contributed by atoms with E-state index in [0.717, 1.165) is 0 Å². The van der Waals surface area contributed by atoms with Gasteiger partial charge in [0.1, 0.15) is 8.07 Å². The first-order chi connectivity index (χ1) is 9.09. The van der Waals surface area contributed by atoms with Crippen molar-refractivity contribution in [1.82, 2.24) is 0 Å². The van der Waals surface area contributed by atoms with Gasteiger partial charge in [-0.05, 0) is 26.3 Å². The first kappa shape index (κ1) is 14.3. The third-order valence-electron chi connectivity index (χ3n) is 4.53. The molecular formula is C18H26Si. The Hall–Kier alpha value is -1.08. The zero-order valence-corrected chi connectivity index (χ0v) is 13.8. The summed E-state index contributed by atoms with van der Waals surface area (Å²) in [5.41, 5.74) is 3.17. The van der Waals surface area contributed by atoms with Crippen LogP contribution in [-0.2, 0) is 0 Å². The molecule has 0 nitrogen and oxygen atoms in total. The summed E-state index contributed by atoms with van der Waals surface area (Å²) in [6, 6.07) is 12.6. The van der Waals surface area contributed by atoms with Crippen molar-refractivity contribution in [3.63, 3.8) is 0 Å². The first-order valence-corrected chi connectivity index (χ1v) is 10.2. The maximum absolute atomic E-state index is 2.57. The van der Waals surface area contributed by atoms with Crippen LogP contribution in [0.15, 0.2) is 52.8 Å². The molecule has 0 radical (unpaired) electrons. The van der Waals surface area contributed by atoms with Gasteiger partial charge in [-0.2, -0.15) is 0 Å². The zero-order chi connectivity index (χ0) is 13.9. The standard InChI is InChI=1S/C18H26Si/c1-5-6-14-19(4,17-10-8-7-9-11-17)18-15(2)12-13-16(18)3/h7-12H,5-6,13-14H2,1-4H3. The van der Waals surface area contributed by atoms with Crippen LogP contribution in [0.1, 0.15) is 40.0 Å². The molecular weight excluding hydrogens is 244 g/mol. The highest BCUT2D eigenvalue weighted by Crippen LogP contribution is 2.35. The molecule has 0 N–H and O–H groups in total. The Morgan fingerprint density at radius 3 is 2.32 bits per heavy atom. The molecule has 1 aliphatic rings. The quantitative estimate of drug-likeness (QED) is 0.662. The molecule has 0 heterocycles. The Morgan fingerprint density at radius 1 is 1.11 bits per heavy atom. The minimum atomic E-state index is -1.53. The summed E-state index contributed by atoms with van der Waals surface area (Å²) in [4.78, 5) is 0. The van der Waals surface area contributed by atoms with E-state index < -0.39 is 8.07 Å². The summed E-state index contributed by atoms with van der Waals surface area (Å²) in [7, 11) is -1.53. The van der Waals surface area contributed by atoms with E-state index in [0.29, 0.717) is 0 Å². The van der Waals surface area contributed by atoms with E-state index in [2.05, 4.69) is 63.7 Å². The van der Waals surface area contributed by atoms with Gasteiger partial charge >= 0.3 is 0 Å². The van der Waals surface area contributed by atoms with Gasteiger partial charge in [-0.1, -0.05) is 84.2 Å². The van der Waals surface area contributed by atoms with Crippen LogP contribution in [0.3, 0.4) is 0 Å². The molecule has 2 rings (SSSR count). The molecule has 0 saturated heterocycles. The number of unbranched alkanes of at least 4 members (excludes halogenated alkanes) is 1. The Bertz CT molecular complexity index is 496. The highest BCUT2D eigenvalue weighted by Gasteiger charge is 2.36. The summed E-state index contributed by atoms with van der Waals surface area (Å²) in [6.45, 7) is 9.52. The van der Waals surface area contributed by atoms with E-state index in [1.807, 2.05) is 0 Å². The second-order valence-corrected chi connectivity index (χ2v) is 10.3. The maximum Gasteiger partial charge on any atom is 0.115 e. The average Bonchev–Trinajstić information content (AvgIpc) is 2.77. The molecule has 102 valence electrons. The molecule has 19 heavy (non-hydrogen) atoms. The van der Waals surface area contributed by atoms with E-state index in [-0.39, 0.29) is 0 Å². The van der Waals surface area contributed by atoms with Crippen molar-refractivity contribution >= 4 is 13.3 Å². The minimum Gasteiger partial charge on any atom is -0.0776 e. The first-order valence-electron chi connectivity index (χ1n) is 7.52. The number of hydrogen-bond acceptors (Lipinski definition) is 0. The van der Waals surface area contributed by atoms with Gasteiger partial charge in [0.2, 0.25) is 0 Å². The fourth-order valence-electron chi connectivity index (χ4n) is 3.50. The van der Waals surface area contributed by atoms with Crippen LogP contribution in [0.5, 0.6) is 0 Å². The van der Waals surface area contributed by atoms with E-state index in [9.17, 15) is 0 Å². The van der Waals surface area contributed by atoms with Crippen molar-refractivity contribution in [2.45, 2.75) is 52.6 Å². The molecule has 0 fully saturated rings. The van der Waals surface area contributed by atoms with Gasteiger partial charge < -0.3 is 0 Å². The van der Waals surface area contributed by atoms with E-state index in [1.54, 1.807) is 21.5 Å². The molecule has 0 saturated carbocycles. The number of hydrogen-bond donors (Lipinski definition) is 0. The van der Waals surface area contributed by atoms with Crippen LogP contribution in [0.4, 0.5) is 0 Å². The normalized spacial score (nSPS) is 18.4. The third-order valence-corrected chi connectivity index (χ3v) is 9.41. The summed E-state index contributed by atoms with van der Waals surface area (Å²) in [5, 5.41) is 3.33. The number of allylic oxidation sites excluding steroid dienone is 4. The molecule has 1 aliphatic carbocycles. The fraction of sp³-hybridized carbons (Fsp3) is 0.444. The summed E-state index contributed by atoms with van der Waals surface area (Å²) in [5.74, 6) is 0. The lowest BCUT2D eigenvalue weighted by atomic mass is 10.3. The largest absolute Gasteiger partial charge is 0.115 e. The van der Waals surface area contributed by atoms with Gasteiger partial charge in [0, 0.05) is 0 Å². The molecule has 1 aromatic carbocycles. The Labute approximate surface area is 119 Å². The zero-order valence-electron chi connectivity index (χ0n) is 12.8. The predicted octanol–water partition coefficient (Wildman–Crippen LogP) is 4.98. The Morgan fingerprint density at radius 2 is 1.79 bits per heavy atom. The van der Waals surface area contributed by atoms with E-state index in [4.69, 9.17) is 0 Å². The molecule has 0 aromatic heterocycles. The summed E-state index contributed by atoms with van der Waals surface area (Å²) >= 11 is 0. The summed E-state index contributed by atoms with van der Waals surface area (Å²) < 4.78 is 0. The van der Waals surface area contributed by atoms with Crippen molar-refractivity contribution in [1.29, 1.82) is 0 Å². The molecule has 0 bridgehead atoms. The fourth-order valence-corrected chi connectivity index (χ4v) is 8.34. The summed E-state index contributed by atoms with van der Waals surface area (Å²) in [6.07, 6.45) is 6.24. The van der Waals surface area contributed by atoms with Crippen molar-refractivity contribution in [2.24, 2.45) is 0 Å². The average molecular weight is 270 g/mol. The van der Waals surface area contributed by atoms with Crippen molar-refractivity contribution in [3.8, 4) is 0 Å². The van der Waals surface area contributed by atoms with Gasteiger partial charge in [-0.25, -0.2) is 0 Å². The number of benzene rings is 1. The smallest absolute Gasteiger partial charge is 0.0776 e. The van der Waals surface area contributed by atoms with Gasteiger partial charge in [-0.15, -0.1) is 0 Å². The van der Waals surface area contributed by atoms with Crippen molar-refractivity contribution in [3.05, 3.63) is 52.8 Å². The highest BCUT2D eigenvalue weighted by atomic mass is 28.3. The van der Waals surface area contributed by atoms with Crippen LogP contribution >= 0.6 is 0 Å². The lowest BCUT2D eigenvalue weighted by molar-refractivity contribution is 0.870. The minimum absolute atomic E-state index is 1.17. The highest BCUT2D eigenvalue weighted by molar-refractivity contribution is 6.97. The lowest BCUT2D eigenvalue weighted by Crippen LogP contribution is -2.47. The topological polar surface area (TPSA) is 0 Å². The lowest BCUT2D eigenvalue weighted by Gasteiger charge is -2.32. The Kier molecular flexibility index (Phi) is 4.46. The van der Waals surface area contributed by atoms with Gasteiger partial charge in [-0.3, -0.25) is 0 Å². The predicted molar refractivity (Wildman–Crippen MR) is 88.5 cm³/mol. The third kappa shape index (κ3) is 2.76. The van der Waals surface area contributed by atoms with Crippen LogP contribution in [0.2, 0.25) is 12.6 Å². The number of rotatable bonds is 5. The van der Waals surface area contributed by atoms with Crippen LogP contribution in [-0.4, -0.2) is 8.07 Å². The second kappa shape index (κ2) is 5.92. The van der Waals surface area contributed by atoms with E-state index >= 15 is 0 Å². The molecule has 0 spiro atoms. The molecule has 0 amide bonds. The SMILES string of the molecule is CCCC[Si](C)(C1=C(C)CC=C1C)c1ccccc1. The van der Waals surface area contributed by atoms with Gasteiger partial charge in [0.25, 0.3) is 0 Å². The molecule has 1 heteroatoms. The second-order valence-electron chi connectivity index (χ2n) is 6.05.